The van der Waals surface area contributed by atoms with Crippen molar-refractivity contribution in [3.05, 3.63) is 70.3 Å². The first-order valence-electron chi connectivity index (χ1n) is 12.6. The van der Waals surface area contributed by atoms with Crippen LogP contribution in [0.15, 0.2) is 62.4 Å². The molecule has 2 aromatic heterocycles. The molecule has 9 nitrogen and oxygen atoms in total. The summed E-state index contributed by atoms with van der Waals surface area (Å²) in [5, 5.41) is 13.4. The van der Waals surface area contributed by atoms with E-state index < -0.39 is 17.5 Å². The minimum atomic E-state index is -0.830. The summed E-state index contributed by atoms with van der Waals surface area (Å²) < 4.78 is 11.3. The van der Waals surface area contributed by atoms with Crippen molar-refractivity contribution >= 4 is 39.7 Å². The van der Waals surface area contributed by atoms with Gasteiger partial charge in [0, 0.05) is 48.5 Å². The quantitative estimate of drug-likeness (QED) is 0.357. The van der Waals surface area contributed by atoms with Gasteiger partial charge in [-0.05, 0) is 37.0 Å². The van der Waals surface area contributed by atoms with Gasteiger partial charge < -0.3 is 24.2 Å². The van der Waals surface area contributed by atoms with Crippen molar-refractivity contribution in [2.24, 2.45) is 5.92 Å². The summed E-state index contributed by atoms with van der Waals surface area (Å²) in [6.45, 7) is 2.72. The van der Waals surface area contributed by atoms with Gasteiger partial charge in [0.15, 0.2) is 0 Å². The van der Waals surface area contributed by atoms with Gasteiger partial charge in [0.05, 0.1) is 24.2 Å². The monoisotopic (exact) mass is 516 g/mol. The molecule has 0 bridgehead atoms. The lowest BCUT2D eigenvalue weighted by molar-refractivity contribution is -0.145. The Morgan fingerprint density at radius 1 is 1.05 bits per heavy atom. The molecule has 2 amide bonds. The highest BCUT2D eigenvalue weighted by atomic mass is 16.4. The summed E-state index contributed by atoms with van der Waals surface area (Å²) in [6.07, 6.45) is 2.48. The molecule has 0 aliphatic carbocycles. The van der Waals surface area contributed by atoms with E-state index in [0.717, 1.165) is 21.9 Å². The number of nitrogens with zero attached hydrogens (tertiary/aromatic N) is 1. The van der Waals surface area contributed by atoms with Crippen LogP contribution in [0.4, 0.5) is 0 Å². The fourth-order valence-electron chi connectivity index (χ4n) is 5.02. The molecule has 1 fully saturated rings. The number of furan rings is 1. The number of hydrogen-bond donors (Lipinski definition) is 2. The molecule has 2 N–H and O–H groups in total. The van der Waals surface area contributed by atoms with Gasteiger partial charge >= 0.3 is 11.6 Å². The highest BCUT2D eigenvalue weighted by molar-refractivity contribution is 6.02. The van der Waals surface area contributed by atoms with Crippen molar-refractivity contribution in [2.75, 3.05) is 19.6 Å². The van der Waals surface area contributed by atoms with Gasteiger partial charge in [-0.2, -0.15) is 0 Å². The van der Waals surface area contributed by atoms with Gasteiger partial charge in [-0.1, -0.05) is 30.3 Å². The van der Waals surface area contributed by atoms with Crippen LogP contribution in [-0.4, -0.2) is 47.4 Å². The van der Waals surface area contributed by atoms with E-state index in [2.05, 4.69) is 5.32 Å². The van der Waals surface area contributed by atoms with Crippen LogP contribution in [0.1, 0.15) is 30.4 Å². The van der Waals surface area contributed by atoms with Crippen LogP contribution in [0.3, 0.4) is 0 Å². The van der Waals surface area contributed by atoms with Crippen LogP contribution < -0.4 is 10.9 Å². The molecule has 2 aromatic carbocycles. The van der Waals surface area contributed by atoms with E-state index >= 15 is 0 Å². The number of likely N-dealkylation sites (tertiary alicyclic amines) is 1. The molecule has 1 aliphatic heterocycles. The Bertz CT molecular complexity index is 1580. The van der Waals surface area contributed by atoms with Crippen LogP contribution in [0.25, 0.3) is 33.1 Å². The summed E-state index contributed by atoms with van der Waals surface area (Å²) in [4.78, 5) is 50.5. The van der Waals surface area contributed by atoms with Crippen LogP contribution in [0, 0.1) is 12.8 Å². The molecular weight excluding hydrogens is 488 g/mol. The third-order valence-corrected chi connectivity index (χ3v) is 7.26. The van der Waals surface area contributed by atoms with Crippen LogP contribution in [0.5, 0.6) is 0 Å². The standard InChI is InChI=1S/C29H28N2O7/c1-17-20-13-22-23(18-5-3-2-4-6-18)16-37-24(22)15-25(20)38-29(36)21(17)14-26(32)30-10-7-27(33)31-11-8-19(9-12-31)28(34)35/h2-6,13,15-16,19H,7-12,14H2,1H3,(H,30,32)(H,34,35). The predicted octanol–water partition coefficient (Wildman–Crippen LogP) is 3.89. The van der Waals surface area contributed by atoms with Crippen molar-refractivity contribution in [3.63, 3.8) is 0 Å². The van der Waals surface area contributed by atoms with Crippen LogP contribution >= 0.6 is 0 Å². The molecule has 3 heterocycles. The topological polar surface area (TPSA) is 130 Å². The number of rotatable bonds is 7. The normalized spacial score (nSPS) is 14.2. The van der Waals surface area contributed by atoms with Crippen molar-refractivity contribution in [1.29, 1.82) is 0 Å². The average Bonchev–Trinajstić information content (AvgIpc) is 3.33. The molecule has 1 aliphatic rings. The zero-order chi connectivity index (χ0) is 26.8. The number of benzene rings is 2. The highest BCUT2D eigenvalue weighted by Gasteiger charge is 2.26. The number of fused-ring (bicyclic) bond motifs is 2. The molecule has 0 radical (unpaired) electrons. The maximum Gasteiger partial charge on any atom is 0.340 e. The van der Waals surface area contributed by atoms with Crippen molar-refractivity contribution in [3.8, 4) is 11.1 Å². The van der Waals surface area contributed by atoms with Gasteiger partial charge in [-0.15, -0.1) is 0 Å². The Kier molecular flexibility index (Phi) is 7.00. The van der Waals surface area contributed by atoms with Gasteiger partial charge in [0.25, 0.3) is 0 Å². The molecule has 0 spiro atoms. The first-order valence-corrected chi connectivity index (χ1v) is 12.6. The molecule has 196 valence electrons. The van der Waals surface area contributed by atoms with E-state index in [1.54, 1.807) is 24.2 Å². The zero-order valence-electron chi connectivity index (χ0n) is 21.0. The Balaban J connectivity index is 1.27. The number of amides is 2. The number of nitrogens with one attached hydrogen (secondary N) is 1. The van der Waals surface area contributed by atoms with E-state index in [1.165, 1.54) is 0 Å². The largest absolute Gasteiger partial charge is 0.481 e. The SMILES string of the molecule is Cc1c(CC(=O)NCCC(=O)N2CCC(C(=O)O)CC2)c(=O)oc2cc3occ(-c4ccccc4)c3cc12. The molecule has 0 unspecified atom stereocenters. The lowest BCUT2D eigenvalue weighted by Gasteiger charge is -2.30. The third kappa shape index (κ3) is 5.04. The number of carboxylic acids is 1. The van der Waals surface area contributed by atoms with Gasteiger partial charge in [0.2, 0.25) is 11.8 Å². The second-order valence-electron chi connectivity index (χ2n) is 9.62. The molecule has 38 heavy (non-hydrogen) atoms. The molecule has 0 atom stereocenters. The maximum absolute atomic E-state index is 12.7. The highest BCUT2D eigenvalue weighted by Crippen LogP contribution is 2.34. The minimum absolute atomic E-state index is 0.107. The van der Waals surface area contributed by atoms with Crippen molar-refractivity contribution in [2.45, 2.75) is 32.6 Å². The molecule has 9 heteroatoms. The number of piperidine rings is 1. The second-order valence-corrected chi connectivity index (χ2v) is 9.62. The molecular formula is C29H28N2O7. The van der Waals surface area contributed by atoms with E-state index in [-0.39, 0.29) is 36.8 Å². The van der Waals surface area contributed by atoms with Crippen LogP contribution in [0.2, 0.25) is 0 Å². The van der Waals surface area contributed by atoms with Crippen LogP contribution in [-0.2, 0) is 20.8 Å². The number of carbonyl (C=O) groups excluding carboxylic acids is 2. The summed E-state index contributed by atoms with van der Waals surface area (Å²) in [5.74, 6) is -1.76. The lowest BCUT2D eigenvalue weighted by Crippen LogP contribution is -2.41. The first kappa shape index (κ1) is 25.3. The average molecular weight is 517 g/mol. The molecule has 1 saturated heterocycles. The van der Waals surface area contributed by atoms with E-state index in [0.29, 0.717) is 42.7 Å². The fraction of sp³-hybridized carbons (Fsp3) is 0.310. The Hall–Kier alpha value is -4.40. The van der Waals surface area contributed by atoms with Crippen molar-refractivity contribution in [1.82, 2.24) is 10.2 Å². The van der Waals surface area contributed by atoms with Gasteiger partial charge in [-0.3, -0.25) is 14.4 Å². The number of carbonyl (C=O) groups is 3. The summed E-state index contributed by atoms with van der Waals surface area (Å²) in [5.41, 5.74) is 3.24. The van der Waals surface area contributed by atoms with E-state index in [1.807, 2.05) is 36.4 Å². The minimum Gasteiger partial charge on any atom is -0.481 e. The second kappa shape index (κ2) is 10.5. The van der Waals surface area contributed by atoms with Gasteiger partial charge in [0.1, 0.15) is 11.2 Å². The predicted molar refractivity (Wildman–Crippen MR) is 141 cm³/mol. The number of carboxylic acid groups (broad SMARTS) is 1. The third-order valence-electron chi connectivity index (χ3n) is 7.26. The summed E-state index contributed by atoms with van der Waals surface area (Å²) in [6, 6.07) is 13.4. The Morgan fingerprint density at radius 3 is 2.50 bits per heavy atom. The molecule has 5 rings (SSSR count). The van der Waals surface area contributed by atoms with E-state index in [4.69, 9.17) is 13.9 Å². The number of hydrogen-bond acceptors (Lipinski definition) is 6. The smallest absolute Gasteiger partial charge is 0.340 e. The molecule has 4 aromatic rings. The molecule has 0 saturated carbocycles. The Labute approximate surface area is 218 Å². The zero-order valence-corrected chi connectivity index (χ0v) is 21.0. The number of aryl methyl sites for hydroxylation is 1. The van der Waals surface area contributed by atoms with Gasteiger partial charge in [-0.25, -0.2) is 4.79 Å². The summed E-state index contributed by atoms with van der Waals surface area (Å²) in [7, 11) is 0. The summed E-state index contributed by atoms with van der Waals surface area (Å²) >= 11 is 0. The lowest BCUT2D eigenvalue weighted by atomic mass is 9.97. The first-order chi connectivity index (χ1) is 18.3. The maximum atomic E-state index is 12.7. The number of aliphatic carboxylic acids is 1. The Morgan fingerprint density at radius 2 is 1.79 bits per heavy atom. The van der Waals surface area contributed by atoms with Crippen molar-refractivity contribution < 1.29 is 28.3 Å². The fourth-order valence-corrected chi connectivity index (χ4v) is 5.02. The van der Waals surface area contributed by atoms with E-state index in [9.17, 15) is 19.2 Å².